The maximum atomic E-state index is 12.6. The molecule has 1 amide bonds. The molecule has 1 N–H and O–H groups in total. The van der Waals surface area contributed by atoms with Crippen LogP contribution in [0.3, 0.4) is 0 Å². The number of anilines is 1. The van der Waals surface area contributed by atoms with Crippen LogP contribution in [0.4, 0.5) is 24.5 Å². The summed E-state index contributed by atoms with van der Waals surface area (Å²) in [5, 5.41) is 13.0. The van der Waals surface area contributed by atoms with Gasteiger partial charge in [0.25, 0.3) is 11.6 Å². The number of alkyl halides is 3. The lowest BCUT2D eigenvalue weighted by Gasteiger charge is -2.11. The summed E-state index contributed by atoms with van der Waals surface area (Å²) in [6.07, 6.45) is -0.582. The highest BCUT2D eigenvalue weighted by atomic mass is 19.4. The van der Waals surface area contributed by atoms with Gasteiger partial charge in [0.1, 0.15) is 5.69 Å². The van der Waals surface area contributed by atoms with E-state index in [4.69, 9.17) is 4.74 Å². The first-order valence-corrected chi connectivity index (χ1v) is 7.98. The zero-order valence-corrected chi connectivity index (χ0v) is 13.7. The largest absolute Gasteiger partial charge is 0.456 e. The van der Waals surface area contributed by atoms with E-state index >= 15 is 0 Å². The van der Waals surface area contributed by atoms with E-state index in [0.717, 1.165) is 31.7 Å². The minimum Gasteiger partial charge on any atom is -0.456 e. The molecule has 0 heterocycles. The minimum atomic E-state index is -4.75. The average molecular weight is 374 g/mol. The average Bonchev–Trinajstić information content (AvgIpc) is 3.05. The maximum absolute atomic E-state index is 12.6. The lowest BCUT2D eigenvalue weighted by atomic mass is 10.1. The highest BCUT2D eigenvalue weighted by Crippen LogP contribution is 2.35. The molecular formula is C16H17F3N2O5. The Hall–Kier alpha value is -2.65. The van der Waals surface area contributed by atoms with Crippen molar-refractivity contribution in [2.24, 2.45) is 5.92 Å². The molecule has 2 rings (SSSR count). The van der Waals surface area contributed by atoms with Gasteiger partial charge in [-0.05, 0) is 30.9 Å². The summed E-state index contributed by atoms with van der Waals surface area (Å²) in [6, 6.07) is 1.75. The van der Waals surface area contributed by atoms with Gasteiger partial charge in [0, 0.05) is 12.5 Å². The normalized spacial score (nSPS) is 14.9. The summed E-state index contributed by atoms with van der Waals surface area (Å²) in [7, 11) is 0. The van der Waals surface area contributed by atoms with Crippen molar-refractivity contribution in [3.8, 4) is 0 Å². The van der Waals surface area contributed by atoms with Crippen LogP contribution in [0.15, 0.2) is 18.2 Å². The van der Waals surface area contributed by atoms with Crippen molar-refractivity contribution in [1.29, 1.82) is 0 Å². The smallest absolute Gasteiger partial charge is 0.416 e. The fraction of sp³-hybridized carbons (Fsp3) is 0.500. The number of nitrogens with one attached hydrogen (secondary N) is 1. The molecule has 142 valence electrons. The van der Waals surface area contributed by atoms with E-state index in [1.165, 1.54) is 0 Å². The van der Waals surface area contributed by atoms with Crippen LogP contribution in [-0.4, -0.2) is 23.4 Å². The molecule has 0 unspecified atom stereocenters. The zero-order valence-electron chi connectivity index (χ0n) is 13.7. The van der Waals surface area contributed by atoms with Crippen molar-refractivity contribution >= 4 is 23.3 Å². The van der Waals surface area contributed by atoms with Crippen LogP contribution >= 0.6 is 0 Å². The molecule has 0 aliphatic heterocycles. The van der Waals surface area contributed by atoms with Gasteiger partial charge in [-0.15, -0.1) is 0 Å². The number of hydrogen-bond donors (Lipinski definition) is 1. The zero-order chi connectivity index (χ0) is 19.3. The van der Waals surface area contributed by atoms with Crippen molar-refractivity contribution in [2.45, 2.75) is 38.3 Å². The molecule has 0 atom stereocenters. The first-order valence-electron chi connectivity index (χ1n) is 7.98. The number of nitro groups is 1. The molecule has 1 aliphatic rings. The Morgan fingerprint density at radius 1 is 1.27 bits per heavy atom. The summed E-state index contributed by atoms with van der Waals surface area (Å²) in [6.45, 7) is -0.663. The molecule has 7 nitrogen and oxygen atoms in total. The standard InChI is InChI=1S/C16H17F3N2O5/c17-16(18,19)11-5-6-12(13(8-11)21(24)25)20-14(22)9-26-15(23)7-10-3-1-2-4-10/h5-6,8,10H,1-4,7,9H2,(H,20,22). The summed E-state index contributed by atoms with van der Waals surface area (Å²) in [5.41, 5.74) is -2.50. The Morgan fingerprint density at radius 3 is 2.50 bits per heavy atom. The number of carbonyl (C=O) groups excluding carboxylic acids is 2. The van der Waals surface area contributed by atoms with Crippen LogP contribution in [0.1, 0.15) is 37.7 Å². The SMILES string of the molecule is O=C(COC(=O)CC1CCCC1)Nc1ccc(C(F)(F)F)cc1[N+](=O)[O-]. The fourth-order valence-electron chi connectivity index (χ4n) is 2.81. The van der Waals surface area contributed by atoms with Crippen molar-refractivity contribution in [2.75, 3.05) is 11.9 Å². The third-order valence-corrected chi connectivity index (χ3v) is 4.09. The lowest BCUT2D eigenvalue weighted by Crippen LogP contribution is -2.22. The first kappa shape index (κ1) is 19.7. The number of hydrogen-bond acceptors (Lipinski definition) is 5. The summed E-state index contributed by atoms with van der Waals surface area (Å²) in [5.74, 6) is -1.18. The Balaban J connectivity index is 1.95. The van der Waals surface area contributed by atoms with E-state index < -0.39 is 46.5 Å². The quantitative estimate of drug-likeness (QED) is 0.465. The van der Waals surface area contributed by atoms with Gasteiger partial charge in [-0.2, -0.15) is 13.2 Å². The van der Waals surface area contributed by atoms with Gasteiger partial charge in [-0.3, -0.25) is 19.7 Å². The second kappa shape index (κ2) is 8.15. The molecule has 26 heavy (non-hydrogen) atoms. The predicted molar refractivity (Wildman–Crippen MR) is 84.3 cm³/mol. The maximum Gasteiger partial charge on any atom is 0.416 e. The Bertz CT molecular complexity index is 700. The molecule has 0 bridgehead atoms. The van der Waals surface area contributed by atoms with Gasteiger partial charge in [0.15, 0.2) is 6.61 Å². The fourth-order valence-corrected chi connectivity index (χ4v) is 2.81. The number of rotatable bonds is 6. The highest BCUT2D eigenvalue weighted by Gasteiger charge is 2.33. The van der Waals surface area contributed by atoms with Gasteiger partial charge >= 0.3 is 12.1 Å². The molecule has 0 saturated heterocycles. The molecule has 0 spiro atoms. The number of nitrogens with zero attached hydrogens (tertiary/aromatic N) is 1. The van der Waals surface area contributed by atoms with Gasteiger partial charge in [0.2, 0.25) is 0 Å². The van der Waals surface area contributed by atoms with Crippen LogP contribution in [0.2, 0.25) is 0 Å². The summed E-state index contributed by atoms with van der Waals surface area (Å²) < 4.78 is 42.7. The molecule has 10 heteroatoms. The monoisotopic (exact) mass is 374 g/mol. The van der Waals surface area contributed by atoms with Crippen molar-refractivity contribution in [3.05, 3.63) is 33.9 Å². The van der Waals surface area contributed by atoms with Crippen LogP contribution in [0, 0.1) is 16.0 Å². The van der Waals surface area contributed by atoms with Crippen molar-refractivity contribution in [1.82, 2.24) is 0 Å². The van der Waals surface area contributed by atoms with Crippen LogP contribution in [-0.2, 0) is 20.5 Å². The number of nitro benzene ring substituents is 1. The van der Waals surface area contributed by atoms with E-state index in [1.807, 2.05) is 0 Å². The Morgan fingerprint density at radius 2 is 1.92 bits per heavy atom. The minimum absolute atomic E-state index is 0.202. The van der Waals surface area contributed by atoms with Crippen LogP contribution < -0.4 is 5.32 Å². The number of carbonyl (C=O) groups is 2. The molecule has 1 aromatic carbocycles. The third kappa shape index (κ3) is 5.43. The predicted octanol–water partition coefficient (Wildman–Crippen LogP) is 3.68. The molecule has 1 fully saturated rings. The van der Waals surface area contributed by atoms with E-state index in [-0.39, 0.29) is 12.3 Å². The molecule has 1 aliphatic carbocycles. The topological polar surface area (TPSA) is 98.5 Å². The van der Waals surface area contributed by atoms with Crippen molar-refractivity contribution in [3.63, 3.8) is 0 Å². The summed E-state index contributed by atoms with van der Waals surface area (Å²) >= 11 is 0. The number of esters is 1. The van der Waals surface area contributed by atoms with E-state index in [2.05, 4.69) is 5.32 Å². The number of amides is 1. The van der Waals surface area contributed by atoms with Gasteiger partial charge in [-0.1, -0.05) is 12.8 Å². The molecule has 1 saturated carbocycles. The highest BCUT2D eigenvalue weighted by molar-refractivity contribution is 5.94. The van der Waals surface area contributed by atoms with E-state index in [1.54, 1.807) is 0 Å². The molecule has 0 radical (unpaired) electrons. The third-order valence-electron chi connectivity index (χ3n) is 4.09. The van der Waals surface area contributed by atoms with Gasteiger partial charge in [-0.25, -0.2) is 0 Å². The van der Waals surface area contributed by atoms with E-state index in [9.17, 15) is 32.9 Å². The van der Waals surface area contributed by atoms with Gasteiger partial charge < -0.3 is 10.1 Å². The van der Waals surface area contributed by atoms with Gasteiger partial charge in [0.05, 0.1) is 10.5 Å². The summed E-state index contributed by atoms with van der Waals surface area (Å²) in [4.78, 5) is 33.3. The lowest BCUT2D eigenvalue weighted by molar-refractivity contribution is -0.384. The van der Waals surface area contributed by atoms with E-state index in [0.29, 0.717) is 12.1 Å². The molecule has 1 aromatic rings. The second-order valence-electron chi connectivity index (χ2n) is 6.05. The number of ether oxygens (including phenoxy) is 1. The number of halogens is 3. The van der Waals surface area contributed by atoms with Crippen molar-refractivity contribution < 1.29 is 32.4 Å². The Kier molecular flexibility index (Phi) is 6.17. The first-order chi connectivity index (χ1) is 12.2. The van der Waals surface area contributed by atoms with Crippen LogP contribution in [0.25, 0.3) is 0 Å². The Labute approximate surface area is 146 Å². The molecule has 0 aromatic heterocycles. The number of benzene rings is 1. The second-order valence-corrected chi connectivity index (χ2v) is 6.05. The molecular weight excluding hydrogens is 357 g/mol. The van der Waals surface area contributed by atoms with Crippen LogP contribution in [0.5, 0.6) is 0 Å².